The standard InChI is InChI=1S/C24H19FN4O4/c25-17-7-5-15(6-8-17)13-27-11-12-28-20(22(27)31)21(30)23(32)29(24(28)33)14-19-18-4-2-1-3-16(18)9-10-26-19/h1-10,30H,11-14H2. The number of benzene rings is 2. The molecule has 8 nitrogen and oxygen atoms in total. The van der Waals surface area contributed by atoms with Crippen molar-refractivity contribution < 1.29 is 14.3 Å². The Morgan fingerprint density at radius 2 is 1.70 bits per heavy atom. The molecule has 0 aliphatic carbocycles. The first-order chi connectivity index (χ1) is 15.9. The van der Waals surface area contributed by atoms with E-state index < -0.39 is 22.9 Å². The smallest absolute Gasteiger partial charge is 0.332 e. The predicted molar refractivity (Wildman–Crippen MR) is 119 cm³/mol. The molecule has 166 valence electrons. The molecule has 0 saturated carbocycles. The molecule has 0 unspecified atom stereocenters. The molecule has 0 fully saturated rings. The van der Waals surface area contributed by atoms with Gasteiger partial charge >= 0.3 is 5.69 Å². The van der Waals surface area contributed by atoms with Crippen LogP contribution < -0.4 is 11.2 Å². The molecule has 0 radical (unpaired) electrons. The Hall–Kier alpha value is -4.27. The third-order valence-electron chi connectivity index (χ3n) is 5.84. The second kappa shape index (κ2) is 8.01. The highest BCUT2D eigenvalue weighted by molar-refractivity contribution is 5.95. The second-order valence-corrected chi connectivity index (χ2v) is 7.85. The summed E-state index contributed by atoms with van der Waals surface area (Å²) in [4.78, 5) is 44.8. The van der Waals surface area contributed by atoms with Crippen molar-refractivity contribution in [3.8, 4) is 5.75 Å². The molecule has 4 aromatic rings. The Morgan fingerprint density at radius 1 is 0.939 bits per heavy atom. The zero-order valence-corrected chi connectivity index (χ0v) is 17.4. The van der Waals surface area contributed by atoms with Crippen LogP contribution in [0.5, 0.6) is 5.75 Å². The number of carbonyl (C=O) groups is 1. The van der Waals surface area contributed by atoms with Crippen LogP contribution in [0, 0.1) is 5.82 Å². The highest BCUT2D eigenvalue weighted by Crippen LogP contribution is 2.21. The van der Waals surface area contributed by atoms with E-state index in [-0.39, 0.29) is 37.7 Å². The highest BCUT2D eigenvalue weighted by atomic mass is 19.1. The van der Waals surface area contributed by atoms with E-state index >= 15 is 0 Å². The zero-order chi connectivity index (χ0) is 23.1. The number of hydrogen-bond donors (Lipinski definition) is 1. The van der Waals surface area contributed by atoms with E-state index in [1.165, 1.54) is 17.0 Å². The Bertz CT molecular complexity index is 1500. The summed E-state index contributed by atoms with van der Waals surface area (Å²) in [5.74, 6) is -1.80. The summed E-state index contributed by atoms with van der Waals surface area (Å²) in [5.41, 5.74) is -0.765. The maximum absolute atomic E-state index is 13.2. The van der Waals surface area contributed by atoms with E-state index in [1.807, 2.05) is 30.3 Å². The third-order valence-corrected chi connectivity index (χ3v) is 5.84. The second-order valence-electron chi connectivity index (χ2n) is 7.85. The number of carbonyl (C=O) groups excluding carboxylic acids is 1. The zero-order valence-electron chi connectivity index (χ0n) is 17.4. The van der Waals surface area contributed by atoms with E-state index in [9.17, 15) is 23.9 Å². The fourth-order valence-corrected chi connectivity index (χ4v) is 4.14. The summed E-state index contributed by atoms with van der Waals surface area (Å²) in [6.07, 6.45) is 1.59. The van der Waals surface area contributed by atoms with E-state index in [2.05, 4.69) is 4.98 Å². The van der Waals surface area contributed by atoms with Crippen LogP contribution in [0.15, 0.2) is 70.4 Å². The number of aromatic nitrogens is 3. The Morgan fingerprint density at radius 3 is 2.48 bits per heavy atom. The number of pyridine rings is 1. The minimum Gasteiger partial charge on any atom is -0.501 e. The van der Waals surface area contributed by atoms with Gasteiger partial charge in [0.2, 0.25) is 5.75 Å². The van der Waals surface area contributed by atoms with Gasteiger partial charge in [0, 0.05) is 31.2 Å². The molecule has 0 spiro atoms. The molecule has 2 aromatic heterocycles. The molecular weight excluding hydrogens is 427 g/mol. The quantitative estimate of drug-likeness (QED) is 0.518. The topological polar surface area (TPSA) is 97.4 Å². The Balaban J connectivity index is 1.53. The summed E-state index contributed by atoms with van der Waals surface area (Å²) < 4.78 is 15.2. The van der Waals surface area contributed by atoms with Gasteiger partial charge in [-0.25, -0.2) is 9.18 Å². The molecule has 0 saturated heterocycles. The van der Waals surface area contributed by atoms with Gasteiger partial charge in [0.15, 0.2) is 5.69 Å². The fraction of sp³-hybridized carbons (Fsp3) is 0.167. The van der Waals surface area contributed by atoms with Gasteiger partial charge in [-0.3, -0.25) is 23.7 Å². The first-order valence-corrected chi connectivity index (χ1v) is 10.4. The van der Waals surface area contributed by atoms with Gasteiger partial charge in [-0.15, -0.1) is 0 Å². The van der Waals surface area contributed by atoms with Crippen LogP contribution in [0.3, 0.4) is 0 Å². The van der Waals surface area contributed by atoms with Gasteiger partial charge in [-0.05, 0) is 29.1 Å². The number of aromatic hydroxyl groups is 1. The first-order valence-electron chi connectivity index (χ1n) is 10.4. The maximum Gasteiger partial charge on any atom is 0.332 e. The van der Waals surface area contributed by atoms with Crippen molar-refractivity contribution in [3.05, 3.63) is 104 Å². The summed E-state index contributed by atoms with van der Waals surface area (Å²) in [6.45, 7) is 0.335. The van der Waals surface area contributed by atoms with Gasteiger partial charge in [0.05, 0.1) is 12.2 Å². The number of fused-ring (bicyclic) bond motifs is 2. The molecule has 1 aliphatic heterocycles. The maximum atomic E-state index is 13.2. The molecule has 3 heterocycles. The van der Waals surface area contributed by atoms with Crippen molar-refractivity contribution in [2.45, 2.75) is 19.6 Å². The normalized spacial score (nSPS) is 13.4. The van der Waals surface area contributed by atoms with Gasteiger partial charge in [-0.1, -0.05) is 36.4 Å². The number of rotatable bonds is 4. The molecule has 1 amide bonds. The molecule has 9 heteroatoms. The summed E-state index contributed by atoms with van der Waals surface area (Å²) in [6, 6.07) is 15.0. The molecule has 5 rings (SSSR count). The van der Waals surface area contributed by atoms with E-state index in [1.54, 1.807) is 18.3 Å². The van der Waals surface area contributed by atoms with Crippen LogP contribution in [0.4, 0.5) is 4.39 Å². The van der Waals surface area contributed by atoms with Crippen molar-refractivity contribution in [2.75, 3.05) is 6.54 Å². The lowest BCUT2D eigenvalue weighted by Gasteiger charge is -2.30. The largest absolute Gasteiger partial charge is 0.501 e. The number of halogens is 1. The number of hydrogen-bond acceptors (Lipinski definition) is 5. The molecular formula is C24H19FN4O4. The molecule has 1 N–H and O–H groups in total. The van der Waals surface area contributed by atoms with Crippen molar-refractivity contribution >= 4 is 16.7 Å². The molecule has 33 heavy (non-hydrogen) atoms. The molecule has 1 aliphatic rings. The molecule has 0 bridgehead atoms. The minimum absolute atomic E-state index is 0.109. The fourth-order valence-electron chi connectivity index (χ4n) is 4.14. The SMILES string of the molecule is O=C1c2c(O)c(=O)n(Cc3nccc4ccccc34)c(=O)n2CCN1Cc1ccc(F)cc1. The van der Waals surface area contributed by atoms with Crippen molar-refractivity contribution in [1.29, 1.82) is 0 Å². The van der Waals surface area contributed by atoms with Crippen LogP contribution in [0.25, 0.3) is 10.8 Å². The van der Waals surface area contributed by atoms with Gasteiger partial charge in [-0.2, -0.15) is 0 Å². The lowest BCUT2D eigenvalue weighted by Crippen LogP contribution is -2.50. The summed E-state index contributed by atoms with van der Waals surface area (Å²) >= 11 is 0. The van der Waals surface area contributed by atoms with Crippen molar-refractivity contribution in [1.82, 2.24) is 19.0 Å². The average Bonchev–Trinajstić information content (AvgIpc) is 2.83. The summed E-state index contributed by atoms with van der Waals surface area (Å²) in [5, 5.41) is 12.3. The van der Waals surface area contributed by atoms with Crippen LogP contribution in [-0.4, -0.2) is 36.6 Å². The highest BCUT2D eigenvalue weighted by Gasteiger charge is 2.31. The van der Waals surface area contributed by atoms with Crippen LogP contribution >= 0.6 is 0 Å². The minimum atomic E-state index is -0.946. The lowest BCUT2D eigenvalue weighted by molar-refractivity contribution is 0.0677. The Labute approximate surface area is 186 Å². The van der Waals surface area contributed by atoms with Crippen LogP contribution in [-0.2, 0) is 19.6 Å². The monoisotopic (exact) mass is 446 g/mol. The third kappa shape index (κ3) is 3.57. The van der Waals surface area contributed by atoms with Gasteiger partial charge in [0.25, 0.3) is 11.5 Å². The average molecular weight is 446 g/mol. The van der Waals surface area contributed by atoms with Crippen LogP contribution in [0.2, 0.25) is 0 Å². The van der Waals surface area contributed by atoms with Crippen molar-refractivity contribution in [3.63, 3.8) is 0 Å². The molecule has 0 atom stereocenters. The lowest BCUT2D eigenvalue weighted by atomic mass is 10.1. The summed E-state index contributed by atoms with van der Waals surface area (Å²) in [7, 11) is 0. The van der Waals surface area contributed by atoms with E-state index in [0.717, 1.165) is 19.9 Å². The number of nitrogens with zero attached hydrogens (tertiary/aromatic N) is 4. The Kier molecular flexibility index (Phi) is 5.01. The molecule has 2 aromatic carbocycles. The van der Waals surface area contributed by atoms with E-state index in [0.29, 0.717) is 11.3 Å². The first kappa shape index (κ1) is 20.6. The van der Waals surface area contributed by atoms with Crippen molar-refractivity contribution in [2.24, 2.45) is 0 Å². The predicted octanol–water partition coefficient (Wildman–Crippen LogP) is 2.11. The van der Waals surface area contributed by atoms with Crippen LogP contribution in [0.1, 0.15) is 21.7 Å². The van der Waals surface area contributed by atoms with E-state index in [4.69, 9.17) is 0 Å². The van der Waals surface area contributed by atoms with Gasteiger partial charge in [0.1, 0.15) is 5.82 Å². The number of amides is 1. The van der Waals surface area contributed by atoms with Gasteiger partial charge < -0.3 is 10.0 Å².